The summed E-state index contributed by atoms with van der Waals surface area (Å²) in [6.45, 7) is 10.2. The quantitative estimate of drug-likeness (QED) is 0.683. The van der Waals surface area contributed by atoms with Crippen molar-refractivity contribution in [3.8, 4) is 0 Å². The Morgan fingerprint density at radius 1 is 1.57 bits per heavy atom. The number of hydrogen-bond donors (Lipinski definition) is 1. The van der Waals surface area contributed by atoms with Crippen LogP contribution in [0.2, 0.25) is 0 Å². The predicted octanol–water partition coefficient (Wildman–Crippen LogP) is 3.31. The molecule has 1 rings (SSSR count). The number of allylic oxidation sites excluding steroid dienone is 1. The van der Waals surface area contributed by atoms with Crippen molar-refractivity contribution in [2.75, 3.05) is 0 Å². The van der Waals surface area contributed by atoms with E-state index in [4.69, 9.17) is 0 Å². The molecule has 14 heavy (non-hydrogen) atoms. The van der Waals surface area contributed by atoms with Crippen molar-refractivity contribution in [3.05, 3.63) is 24.3 Å². The molecule has 0 fully saturated rings. The first kappa shape index (κ1) is 11.5. The minimum Gasteiger partial charge on any atom is -0.388 e. The van der Waals surface area contributed by atoms with Gasteiger partial charge in [0.15, 0.2) is 0 Å². The second-order valence-electron chi connectivity index (χ2n) is 5.10. The zero-order valence-electron chi connectivity index (χ0n) is 9.59. The van der Waals surface area contributed by atoms with Gasteiger partial charge in [0.05, 0.1) is 6.10 Å². The highest BCUT2D eigenvalue weighted by Crippen LogP contribution is 2.35. The number of aliphatic hydroxyl groups excluding tert-OH is 1. The van der Waals surface area contributed by atoms with Crippen LogP contribution in [-0.4, -0.2) is 11.2 Å². The fraction of sp³-hybridized carbons (Fsp3) is 0.692. The first-order chi connectivity index (χ1) is 6.46. The predicted molar refractivity (Wildman–Crippen MR) is 61.1 cm³/mol. The largest absolute Gasteiger partial charge is 0.388 e. The molecule has 0 spiro atoms. The summed E-state index contributed by atoms with van der Waals surface area (Å²) in [4.78, 5) is 0. The summed E-state index contributed by atoms with van der Waals surface area (Å²) in [5, 5.41) is 10.0. The molecule has 1 N–H and O–H groups in total. The second kappa shape index (κ2) is 4.31. The van der Waals surface area contributed by atoms with Gasteiger partial charge in [-0.25, -0.2) is 0 Å². The van der Waals surface area contributed by atoms with Gasteiger partial charge < -0.3 is 5.11 Å². The zero-order chi connectivity index (χ0) is 10.8. The van der Waals surface area contributed by atoms with E-state index in [-0.39, 0.29) is 17.4 Å². The fourth-order valence-corrected chi connectivity index (χ4v) is 2.09. The van der Waals surface area contributed by atoms with Crippen molar-refractivity contribution >= 4 is 0 Å². The number of hydrogen-bond acceptors (Lipinski definition) is 1. The van der Waals surface area contributed by atoms with Crippen molar-refractivity contribution in [3.63, 3.8) is 0 Å². The van der Waals surface area contributed by atoms with E-state index in [1.165, 1.54) is 18.4 Å². The van der Waals surface area contributed by atoms with Crippen molar-refractivity contribution < 1.29 is 5.11 Å². The minimum absolute atomic E-state index is 0.162. The molecule has 0 amide bonds. The molecule has 2 atom stereocenters. The Morgan fingerprint density at radius 3 is 2.71 bits per heavy atom. The maximum Gasteiger partial charge on any atom is 0.0810 e. The Balaban J connectivity index is 2.77. The Hall–Kier alpha value is -0.560. The van der Waals surface area contributed by atoms with Gasteiger partial charge in [-0.3, -0.25) is 0 Å². The molecule has 0 aliphatic heterocycles. The second-order valence-corrected chi connectivity index (χ2v) is 5.10. The third-order valence-electron chi connectivity index (χ3n) is 3.11. The molecule has 0 saturated heterocycles. The molecule has 0 radical (unpaired) electrons. The van der Waals surface area contributed by atoms with E-state index in [2.05, 4.69) is 26.5 Å². The van der Waals surface area contributed by atoms with Crippen LogP contribution in [0.5, 0.6) is 0 Å². The zero-order valence-corrected chi connectivity index (χ0v) is 9.59. The average Bonchev–Trinajstić information content (AvgIpc) is 2.14. The van der Waals surface area contributed by atoms with E-state index in [9.17, 15) is 5.11 Å². The van der Waals surface area contributed by atoms with Crippen molar-refractivity contribution in [1.29, 1.82) is 0 Å². The van der Waals surface area contributed by atoms with E-state index in [1.54, 1.807) is 0 Å². The SMILES string of the molecule is C=CC(C)C(O)C1=CC(C)(C)CCC1. The van der Waals surface area contributed by atoms with Gasteiger partial charge in [-0.2, -0.15) is 0 Å². The summed E-state index contributed by atoms with van der Waals surface area (Å²) >= 11 is 0. The molecule has 0 aromatic rings. The third-order valence-corrected chi connectivity index (χ3v) is 3.11. The van der Waals surface area contributed by atoms with Gasteiger partial charge in [-0.1, -0.05) is 32.9 Å². The van der Waals surface area contributed by atoms with Gasteiger partial charge >= 0.3 is 0 Å². The van der Waals surface area contributed by atoms with E-state index in [1.807, 2.05) is 13.0 Å². The molecule has 1 aliphatic rings. The van der Waals surface area contributed by atoms with Gasteiger partial charge in [-0.15, -0.1) is 6.58 Å². The lowest BCUT2D eigenvalue weighted by Gasteiger charge is -2.30. The molecule has 0 bridgehead atoms. The van der Waals surface area contributed by atoms with Crippen molar-refractivity contribution in [2.45, 2.75) is 46.1 Å². The fourth-order valence-electron chi connectivity index (χ4n) is 2.09. The van der Waals surface area contributed by atoms with Gasteiger partial charge in [0.1, 0.15) is 0 Å². The van der Waals surface area contributed by atoms with Crippen LogP contribution in [0.4, 0.5) is 0 Å². The van der Waals surface area contributed by atoms with Crippen LogP contribution >= 0.6 is 0 Å². The van der Waals surface area contributed by atoms with Gasteiger partial charge in [0.25, 0.3) is 0 Å². The maximum absolute atomic E-state index is 10.0. The molecule has 1 heteroatoms. The van der Waals surface area contributed by atoms with E-state index in [0.29, 0.717) is 0 Å². The number of rotatable bonds is 3. The molecule has 1 nitrogen and oxygen atoms in total. The van der Waals surface area contributed by atoms with Gasteiger partial charge in [0, 0.05) is 5.92 Å². The monoisotopic (exact) mass is 194 g/mol. The summed E-state index contributed by atoms with van der Waals surface area (Å²) in [5.41, 5.74) is 1.46. The molecular formula is C13H22O. The Morgan fingerprint density at radius 2 is 2.21 bits per heavy atom. The molecular weight excluding hydrogens is 172 g/mol. The van der Waals surface area contributed by atoms with E-state index < -0.39 is 0 Å². The van der Waals surface area contributed by atoms with Gasteiger partial charge in [0.2, 0.25) is 0 Å². The molecule has 0 heterocycles. The van der Waals surface area contributed by atoms with Crippen LogP contribution < -0.4 is 0 Å². The molecule has 0 aromatic heterocycles. The molecule has 0 saturated carbocycles. The van der Waals surface area contributed by atoms with Crippen LogP contribution in [0.1, 0.15) is 40.0 Å². The lowest BCUT2D eigenvalue weighted by Crippen LogP contribution is -2.24. The molecule has 1 aliphatic carbocycles. The highest BCUT2D eigenvalue weighted by atomic mass is 16.3. The smallest absolute Gasteiger partial charge is 0.0810 e. The summed E-state index contributed by atoms with van der Waals surface area (Å²) in [7, 11) is 0. The summed E-state index contributed by atoms with van der Waals surface area (Å²) in [6.07, 6.45) is 7.22. The summed E-state index contributed by atoms with van der Waals surface area (Å²) in [5.74, 6) is 0.162. The lowest BCUT2D eigenvalue weighted by atomic mass is 9.77. The Bertz CT molecular complexity index is 238. The van der Waals surface area contributed by atoms with Crippen molar-refractivity contribution in [1.82, 2.24) is 0 Å². The Labute approximate surface area is 87.5 Å². The first-order valence-electron chi connectivity index (χ1n) is 5.48. The highest BCUT2D eigenvalue weighted by Gasteiger charge is 2.25. The maximum atomic E-state index is 10.0. The Kier molecular flexibility index (Phi) is 3.54. The standard InChI is InChI=1S/C13H22O/c1-5-10(2)12(14)11-7-6-8-13(3,4)9-11/h5,9-10,12,14H,1,6-8H2,2-4H3. The van der Waals surface area contributed by atoms with E-state index >= 15 is 0 Å². The van der Waals surface area contributed by atoms with Crippen LogP contribution in [-0.2, 0) is 0 Å². The van der Waals surface area contributed by atoms with Crippen LogP contribution in [0.25, 0.3) is 0 Å². The summed E-state index contributed by atoms with van der Waals surface area (Å²) < 4.78 is 0. The van der Waals surface area contributed by atoms with Crippen molar-refractivity contribution in [2.24, 2.45) is 11.3 Å². The minimum atomic E-state index is -0.327. The molecule has 2 unspecified atom stereocenters. The third kappa shape index (κ3) is 2.71. The molecule has 0 aromatic carbocycles. The topological polar surface area (TPSA) is 20.2 Å². The average molecular weight is 194 g/mol. The first-order valence-corrected chi connectivity index (χ1v) is 5.48. The van der Waals surface area contributed by atoms with Crippen LogP contribution in [0, 0.1) is 11.3 Å². The van der Waals surface area contributed by atoms with Crippen LogP contribution in [0.15, 0.2) is 24.3 Å². The van der Waals surface area contributed by atoms with Gasteiger partial charge in [-0.05, 0) is 30.3 Å². The number of aliphatic hydroxyl groups is 1. The highest BCUT2D eigenvalue weighted by molar-refractivity contribution is 5.17. The van der Waals surface area contributed by atoms with E-state index in [0.717, 1.165) is 6.42 Å². The summed E-state index contributed by atoms with van der Waals surface area (Å²) in [6, 6.07) is 0. The lowest BCUT2D eigenvalue weighted by molar-refractivity contribution is 0.162. The normalized spacial score (nSPS) is 25.0. The van der Waals surface area contributed by atoms with Crippen LogP contribution in [0.3, 0.4) is 0 Å². The molecule has 80 valence electrons.